The van der Waals surface area contributed by atoms with Gasteiger partial charge in [-0.1, -0.05) is 5.16 Å². The quantitative estimate of drug-likeness (QED) is 0.770. The van der Waals surface area contributed by atoms with Gasteiger partial charge in [-0.15, -0.1) is 0 Å². The lowest BCUT2D eigenvalue weighted by Gasteiger charge is -2.33. The van der Waals surface area contributed by atoms with E-state index in [0.29, 0.717) is 0 Å². The molecule has 0 saturated carbocycles. The fourth-order valence-electron chi connectivity index (χ4n) is 1.86. The highest BCUT2D eigenvalue weighted by Gasteiger charge is 2.18. The second-order valence-corrected chi connectivity index (χ2v) is 3.98. The van der Waals surface area contributed by atoms with Crippen molar-refractivity contribution in [1.82, 2.24) is 15.0 Å². The van der Waals surface area contributed by atoms with Crippen molar-refractivity contribution in [2.75, 3.05) is 32.7 Å². The molecule has 0 unspecified atom stereocenters. The molecule has 1 saturated heterocycles. The van der Waals surface area contributed by atoms with Crippen LogP contribution >= 0.6 is 0 Å². The summed E-state index contributed by atoms with van der Waals surface area (Å²) in [5.74, 6) is -0.757. The highest BCUT2D eigenvalue weighted by atomic mass is 16.5. The first-order valence-electron chi connectivity index (χ1n) is 5.29. The molecule has 0 bridgehead atoms. The summed E-state index contributed by atoms with van der Waals surface area (Å²) in [6, 6.07) is 0. The summed E-state index contributed by atoms with van der Waals surface area (Å²) >= 11 is 0. The zero-order valence-electron chi connectivity index (χ0n) is 9.00. The van der Waals surface area contributed by atoms with Gasteiger partial charge in [0.05, 0.1) is 12.7 Å². The predicted octanol–water partition coefficient (Wildman–Crippen LogP) is -0.123. The largest absolute Gasteiger partial charge is 0.480 e. The minimum Gasteiger partial charge on any atom is -0.480 e. The average molecular weight is 225 g/mol. The van der Waals surface area contributed by atoms with E-state index in [1.54, 1.807) is 12.5 Å². The van der Waals surface area contributed by atoms with Crippen LogP contribution in [-0.2, 0) is 11.3 Å². The Kier molecular flexibility index (Phi) is 3.53. The molecular weight excluding hydrogens is 210 g/mol. The van der Waals surface area contributed by atoms with Crippen LogP contribution in [0.4, 0.5) is 0 Å². The zero-order valence-corrected chi connectivity index (χ0v) is 9.00. The molecule has 88 valence electrons. The van der Waals surface area contributed by atoms with Crippen LogP contribution in [0.5, 0.6) is 0 Å². The molecule has 1 fully saturated rings. The van der Waals surface area contributed by atoms with Crippen molar-refractivity contribution in [3.63, 3.8) is 0 Å². The molecule has 16 heavy (non-hydrogen) atoms. The standard InChI is InChI=1S/C10H15N3O3/c14-10(15)7-13-3-1-12(2-4-13)6-9-5-11-16-8-9/h5,8H,1-4,6-7H2,(H,14,15). The Morgan fingerprint density at radius 3 is 2.62 bits per heavy atom. The van der Waals surface area contributed by atoms with Crippen molar-refractivity contribution in [2.24, 2.45) is 0 Å². The maximum absolute atomic E-state index is 10.5. The third-order valence-electron chi connectivity index (χ3n) is 2.71. The molecule has 0 aliphatic carbocycles. The number of rotatable bonds is 4. The number of nitrogens with zero attached hydrogens (tertiary/aromatic N) is 3. The smallest absolute Gasteiger partial charge is 0.317 e. The molecule has 0 radical (unpaired) electrons. The van der Waals surface area contributed by atoms with Gasteiger partial charge < -0.3 is 9.63 Å². The molecule has 1 aromatic rings. The van der Waals surface area contributed by atoms with Crippen LogP contribution in [0.3, 0.4) is 0 Å². The molecule has 0 spiro atoms. The van der Waals surface area contributed by atoms with Gasteiger partial charge >= 0.3 is 5.97 Å². The van der Waals surface area contributed by atoms with E-state index in [0.717, 1.165) is 38.3 Å². The lowest BCUT2D eigenvalue weighted by atomic mass is 10.2. The van der Waals surface area contributed by atoms with Gasteiger partial charge in [-0.3, -0.25) is 14.6 Å². The molecule has 6 heteroatoms. The molecule has 1 aliphatic heterocycles. The monoisotopic (exact) mass is 225 g/mol. The number of carboxylic acid groups (broad SMARTS) is 1. The lowest BCUT2D eigenvalue weighted by Crippen LogP contribution is -2.47. The summed E-state index contributed by atoms with van der Waals surface area (Å²) in [5, 5.41) is 12.3. The number of hydrogen-bond donors (Lipinski definition) is 1. The molecule has 6 nitrogen and oxygen atoms in total. The Morgan fingerprint density at radius 1 is 1.38 bits per heavy atom. The molecule has 1 aromatic heterocycles. The Bertz CT molecular complexity index is 331. The Balaban J connectivity index is 1.75. The Morgan fingerprint density at radius 2 is 2.06 bits per heavy atom. The van der Waals surface area contributed by atoms with Crippen LogP contribution in [0.1, 0.15) is 5.56 Å². The van der Waals surface area contributed by atoms with Crippen molar-refractivity contribution in [3.05, 3.63) is 18.0 Å². The summed E-state index contributed by atoms with van der Waals surface area (Å²) < 4.78 is 4.76. The van der Waals surface area contributed by atoms with Gasteiger partial charge in [0, 0.05) is 38.3 Å². The number of carbonyl (C=O) groups is 1. The summed E-state index contributed by atoms with van der Waals surface area (Å²) in [6.45, 7) is 4.34. The van der Waals surface area contributed by atoms with Gasteiger partial charge in [0.1, 0.15) is 6.26 Å². The van der Waals surface area contributed by atoms with Crippen LogP contribution in [0.25, 0.3) is 0 Å². The molecule has 0 aromatic carbocycles. The van der Waals surface area contributed by atoms with Crippen LogP contribution in [-0.4, -0.2) is 58.8 Å². The van der Waals surface area contributed by atoms with Crippen LogP contribution < -0.4 is 0 Å². The van der Waals surface area contributed by atoms with E-state index in [1.165, 1.54) is 0 Å². The first-order chi connectivity index (χ1) is 7.74. The fraction of sp³-hybridized carbons (Fsp3) is 0.600. The average Bonchev–Trinajstić information content (AvgIpc) is 2.73. The highest BCUT2D eigenvalue weighted by molar-refractivity contribution is 5.69. The molecule has 1 N–H and O–H groups in total. The number of aromatic nitrogens is 1. The van der Waals surface area contributed by atoms with Crippen LogP contribution in [0.15, 0.2) is 17.0 Å². The molecule has 2 rings (SSSR count). The minimum absolute atomic E-state index is 0.140. The van der Waals surface area contributed by atoms with Crippen molar-refractivity contribution >= 4 is 5.97 Å². The summed E-state index contributed by atoms with van der Waals surface area (Å²) in [5.41, 5.74) is 1.06. The van der Waals surface area contributed by atoms with Crippen molar-refractivity contribution < 1.29 is 14.4 Å². The van der Waals surface area contributed by atoms with Gasteiger partial charge in [0.15, 0.2) is 0 Å². The molecule has 0 atom stereocenters. The first kappa shape index (κ1) is 11.1. The Hall–Kier alpha value is -1.40. The predicted molar refractivity (Wildman–Crippen MR) is 55.9 cm³/mol. The molecule has 1 aliphatic rings. The molecule has 0 amide bonds. The van der Waals surface area contributed by atoms with Gasteiger partial charge in [-0.25, -0.2) is 0 Å². The summed E-state index contributed by atoms with van der Waals surface area (Å²) in [4.78, 5) is 14.7. The second kappa shape index (κ2) is 5.09. The SMILES string of the molecule is O=C(O)CN1CCN(Cc2cnoc2)CC1. The number of carboxylic acids is 1. The maximum Gasteiger partial charge on any atom is 0.317 e. The highest BCUT2D eigenvalue weighted by Crippen LogP contribution is 2.07. The molecular formula is C10H15N3O3. The van der Waals surface area contributed by atoms with E-state index >= 15 is 0 Å². The van der Waals surface area contributed by atoms with E-state index in [4.69, 9.17) is 9.63 Å². The third-order valence-corrected chi connectivity index (χ3v) is 2.71. The number of aliphatic carboxylic acids is 1. The first-order valence-corrected chi connectivity index (χ1v) is 5.29. The maximum atomic E-state index is 10.5. The van der Waals surface area contributed by atoms with Gasteiger partial charge in [0.2, 0.25) is 0 Å². The fourth-order valence-corrected chi connectivity index (χ4v) is 1.86. The topological polar surface area (TPSA) is 69.8 Å². The third kappa shape index (κ3) is 3.04. The number of piperazine rings is 1. The molecule has 2 heterocycles. The summed E-state index contributed by atoms with van der Waals surface area (Å²) in [6.07, 6.45) is 3.35. The van der Waals surface area contributed by atoms with Crippen molar-refractivity contribution in [2.45, 2.75) is 6.54 Å². The van der Waals surface area contributed by atoms with E-state index < -0.39 is 5.97 Å². The van der Waals surface area contributed by atoms with Gasteiger partial charge in [-0.05, 0) is 0 Å². The van der Waals surface area contributed by atoms with Gasteiger partial charge in [0.25, 0.3) is 0 Å². The summed E-state index contributed by atoms with van der Waals surface area (Å²) in [7, 11) is 0. The Labute approximate surface area is 93.4 Å². The normalized spacial score (nSPS) is 18.8. The van der Waals surface area contributed by atoms with Crippen molar-refractivity contribution in [1.29, 1.82) is 0 Å². The zero-order chi connectivity index (χ0) is 11.4. The van der Waals surface area contributed by atoms with Crippen molar-refractivity contribution in [3.8, 4) is 0 Å². The van der Waals surface area contributed by atoms with Gasteiger partial charge in [-0.2, -0.15) is 0 Å². The van der Waals surface area contributed by atoms with E-state index in [2.05, 4.69) is 10.1 Å². The second-order valence-electron chi connectivity index (χ2n) is 3.98. The van der Waals surface area contributed by atoms with E-state index in [1.807, 2.05) is 4.90 Å². The lowest BCUT2D eigenvalue weighted by molar-refractivity contribution is -0.138. The minimum atomic E-state index is -0.757. The number of hydrogen-bond acceptors (Lipinski definition) is 5. The van der Waals surface area contributed by atoms with E-state index in [9.17, 15) is 4.79 Å². The van der Waals surface area contributed by atoms with E-state index in [-0.39, 0.29) is 6.54 Å². The van der Waals surface area contributed by atoms with Crippen LogP contribution in [0.2, 0.25) is 0 Å². The van der Waals surface area contributed by atoms with Crippen LogP contribution in [0, 0.1) is 0 Å².